The molecule has 1 unspecified atom stereocenters. The maximum atomic E-state index is 12.7. The monoisotopic (exact) mass is 249 g/mol. The highest BCUT2D eigenvalue weighted by Crippen LogP contribution is 2.37. The Morgan fingerprint density at radius 2 is 2.35 bits per heavy atom. The number of nitrogens with zero attached hydrogens (tertiary/aromatic N) is 2. The highest BCUT2D eigenvalue weighted by atomic mass is 19.4. The molecule has 9 heteroatoms. The predicted octanol–water partition coefficient (Wildman–Crippen LogP) is 0.406. The Bertz CT molecular complexity index is 441. The fourth-order valence-electron chi connectivity index (χ4n) is 1.71. The number of halogens is 3. The molecule has 0 fully saturated rings. The first-order chi connectivity index (χ1) is 7.93. The number of alkyl halides is 3. The zero-order chi connectivity index (χ0) is 12.6. The lowest BCUT2D eigenvalue weighted by molar-refractivity contribution is -0.171. The van der Waals surface area contributed by atoms with Gasteiger partial charge in [0.25, 0.3) is 5.91 Å². The van der Waals surface area contributed by atoms with Crippen LogP contribution in [0.1, 0.15) is 23.0 Å². The van der Waals surface area contributed by atoms with Gasteiger partial charge in [-0.3, -0.25) is 10.2 Å². The number of hydrazine groups is 1. The molecule has 1 aromatic rings. The van der Waals surface area contributed by atoms with Crippen LogP contribution >= 0.6 is 0 Å². The van der Waals surface area contributed by atoms with E-state index in [1.165, 1.54) is 6.07 Å². The molecule has 0 bridgehead atoms. The molecule has 4 N–H and O–H groups in total. The van der Waals surface area contributed by atoms with Crippen LogP contribution in [0.5, 0.6) is 0 Å². The van der Waals surface area contributed by atoms with Gasteiger partial charge < -0.3 is 5.32 Å². The second-order valence-corrected chi connectivity index (χ2v) is 3.61. The van der Waals surface area contributed by atoms with Crippen LogP contribution in [0.15, 0.2) is 6.07 Å². The van der Waals surface area contributed by atoms with Gasteiger partial charge in [-0.2, -0.15) is 18.3 Å². The lowest BCUT2D eigenvalue weighted by atomic mass is 10.1. The van der Waals surface area contributed by atoms with Gasteiger partial charge in [0.2, 0.25) is 0 Å². The standard InChI is InChI=1S/C8H10F3N5O/c9-8(10,11)5-1-2-13-6-3-4(7(17)14-12)15-16(5)6/h3,5,13H,1-2,12H2,(H,14,17). The van der Waals surface area contributed by atoms with E-state index in [0.29, 0.717) is 0 Å². The third kappa shape index (κ3) is 2.05. The molecule has 1 aromatic heterocycles. The molecular weight excluding hydrogens is 239 g/mol. The molecule has 0 aromatic carbocycles. The van der Waals surface area contributed by atoms with Crippen LogP contribution in [0, 0.1) is 0 Å². The molecule has 1 aliphatic heterocycles. The minimum absolute atomic E-state index is 0.123. The van der Waals surface area contributed by atoms with E-state index in [1.807, 2.05) is 5.43 Å². The summed E-state index contributed by atoms with van der Waals surface area (Å²) in [5.41, 5.74) is 1.67. The third-order valence-corrected chi connectivity index (χ3v) is 2.50. The number of nitrogen functional groups attached to an aromatic ring is 1. The topological polar surface area (TPSA) is 85.0 Å². The van der Waals surface area contributed by atoms with Crippen molar-refractivity contribution in [2.75, 3.05) is 11.9 Å². The van der Waals surface area contributed by atoms with Gasteiger partial charge in [0.1, 0.15) is 5.82 Å². The number of nitrogens with one attached hydrogen (secondary N) is 2. The van der Waals surface area contributed by atoms with Gasteiger partial charge in [-0.25, -0.2) is 10.5 Å². The zero-order valence-electron chi connectivity index (χ0n) is 8.58. The second kappa shape index (κ2) is 3.91. The van der Waals surface area contributed by atoms with Crippen LogP contribution in [0.25, 0.3) is 0 Å². The maximum absolute atomic E-state index is 12.7. The van der Waals surface area contributed by atoms with Crippen molar-refractivity contribution >= 4 is 11.7 Å². The van der Waals surface area contributed by atoms with Gasteiger partial charge in [-0.05, 0) is 6.42 Å². The lowest BCUT2D eigenvalue weighted by Crippen LogP contribution is -2.34. The highest BCUT2D eigenvalue weighted by molar-refractivity contribution is 5.92. The van der Waals surface area contributed by atoms with Crippen molar-refractivity contribution in [2.24, 2.45) is 5.84 Å². The summed E-state index contributed by atoms with van der Waals surface area (Å²) in [6, 6.07) is -0.474. The molecule has 1 atom stereocenters. The van der Waals surface area contributed by atoms with E-state index < -0.39 is 18.1 Å². The first-order valence-electron chi connectivity index (χ1n) is 4.84. The minimum atomic E-state index is -4.39. The Labute approximate surface area is 93.9 Å². The van der Waals surface area contributed by atoms with Gasteiger partial charge in [-0.1, -0.05) is 0 Å². The summed E-state index contributed by atoms with van der Waals surface area (Å²) >= 11 is 0. The van der Waals surface area contributed by atoms with Crippen molar-refractivity contribution in [1.29, 1.82) is 0 Å². The number of rotatable bonds is 1. The van der Waals surface area contributed by atoms with Crippen LogP contribution in [0.4, 0.5) is 19.0 Å². The van der Waals surface area contributed by atoms with Crippen molar-refractivity contribution < 1.29 is 18.0 Å². The summed E-state index contributed by atoms with van der Waals surface area (Å²) in [6.45, 7) is 0.180. The fraction of sp³-hybridized carbons (Fsp3) is 0.500. The molecule has 1 amide bonds. The second-order valence-electron chi connectivity index (χ2n) is 3.61. The molecule has 0 aliphatic carbocycles. The number of carbonyl (C=O) groups is 1. The number of hydrogen-bond acceptors (Lipinski definition) is 4. The average Bonchev–Trinajstić information content (AvgIpc) is 2.69. The number of nitrogens with two attached hydrogens (primary N) is 1. The van der Waals surface area contributed by atoms with Crippen LogP contribution in [-0.2, 0) is 0 Å². The van der Waals surface area contributed by atoms with Gasteiger partial charge in [-0.15, -0.1) is 0 Å². The smallest absolute Gasteiger partial charge is 0.370 e. The van der Waals surface area contributed by atoms with Crippen molar-refractivity contribution in [3.05, 3.63) is 11.8 Å². The van der Waals surface area contributed by atoms with Crippen molar-refractivity contribution in [2.45, 2.75) is 18.6 Å². The van der Waals surface area contributed by atoms with E-state index in [2.05, 4.69) is 10.4 Å². The molecule has 0 spiro atoms. The zero-order valence-corrected chi connectivity index (χ0v) is 8.58. The Balaban J connectivity index is 2.38. The average molecular weight is 249 g/mol. The largest absolute Gasteiger partial charge is 0.410 e. The highest BCUT2D eigenvalue weighted by Gasteiger charge is 2.44. The van der Waals surface area contributed by atoms with E-state index in [1.54, 1.807) is 0 Å². The molecule has 0 radical (unpaired) electrons. The summed E-state index contributed by atoms with van der Waals surface area (Å²) in [4.78, 5) is 11.2. The van der Waals surface area contributed by atoms with Gasteiger partial charge in [0.05, 0.1) is 0 Å². The van der Waals surface area contributed by atoms with Crippen LogP contribution in [-0.4, -0.2) is 28.4 Å². The molecule has 6 nitrogen and oxygen atoms in total. The molecule has 0 saturated heterocycles. The Hall–Kier alpha value is -1.77. The number of carbonyl (C=O) groups excluding carboxylic acids is 1. The quantitative estimate of drug-likeness (QED) is 0.382. The summed E-state index contributed by atoms with van der Waals surface area (Å²) in [7, 11) is 0. The third-order valence-electron chi connectivity index (χ3n) is 2.50. The molecule has 0 saturated carbocycles. The fourth-order valence-corrected chi connectivity index (χ4v) is 1.71. The van der Waals surface area contributed by atoms with Crippen LogP contribution in [0.3, 0.4) is 0 Å². The number of hydrogen-bond donors (Lipinski definition) is 3. The van der Waals surface area contributed by atoms with Crippen molar-refractivity contribution in [3.63, 3.8) is 0 Å². The Morgan fingerprint density at radius 3 is 2.94 bits per heavy atom. The van der Waals surface area contributed by atoms with Crippen LogP contribution < -0.4 is 16.6 Å². The summed E-state index contributed by atoms with van der Waals surface area (Å²) in [5, 5.41) is 6.36. The summed E-state index contributed by atoms with van der Waals surface area (Å²) < 4.78 is 38.9. The van der Waals surface area contributed by atoms with Gasteiger partial charge in [0.15, 0.2) is 11.7 Å². The number of amides is 1. The van der Waals surface area contributed by atoms with E-state index in [0.717, 1.165) is 4.68 Å². The SMILES string of the molecule is NNC(=O)c1cc2n(n1)C(C(F)(F)F)CCN2. The molecule has 17 heavy (non-hydrogen) atoms. The van der Waals surface area contributed by atoms with Crippen LogP contribution in [0.2, 0.25) is 0 Å². The lowest BCUT2D eigenvalue weighted by Gasteiger charge is -2.27. The summed E-state index contributed by atoms with van der Waals surface area (Å²) in [5.74, 6) is 4.33. The van der Waals surface area contributed by atoms with Crippen molar-refractivity contribution in [1.82, 2.24) is 15.2 Å². The predicted molar refractivity (Wildman–Crippen MR) is 52.1 cm³/mol. The van der Waals surface area contributed by atoms with Crippen molar-refractivity contribution in [3.8, 4) is 0 Å². The van der Waals surface area contributed by atoms with E-state index in [9.17, 15) is 18.0 Å². The molecule has 2 heterocycles. The molecule has 94 valence electrons. The molecule has 1 aliphatic rings. The Kier molecular flexibility index (Phi) is 2.69. The van der Waals surface area contributed by atoms with Gasteiger partial charge in [0, 0.05) is 12.6 Å². The number of anilines is 1. The summed E-state index contributed by atoms with van der Waals surface area (Å²) in [6.07, 6.45) is -4.51. The Morgan fingerprint density at radius 1 is 1.65 bits per heavy atom. The minimum Gasteiger partial charge on any atom is -0.370 e. The normalized spacial score (nSPS) is 19.4. The number of fused-ring (bicyclic) bond motifs is 1. The molecule has 2 rings (SSSR count). The first-order valence-corrected chi connectivity index (χ1v) is 4.84. The number of aromatic nitrogens is 2. The van der Waals surface area contributed by atoms with Gasteiger partial charge >= 0.3 is 6.18 Å². The van der Waals surface area contributed by atoms with E-state index in [4.69, 9.17) is 5.84 Å². The van der Waals surface area contributed by atoms with E-state index >= 15 is 0 Å². The maximum Gasteiger partial charge on any atom is 0.410 e. The first kappa shape index (κ1) is 11.7. The molecular formula is C8H10F3N5O. The van der Waals surface area contributed by atoms with E-state index in [-0.39, 0.29) is 24.5 Å².